The van der Waals surface area contributed by atoms with Crippen LogP contribution in [0, 0.1) is 0 Å². The number of aromatic amines is 1. The summed E-state index contributed by atoms with van der Waals surface area (Å²) in [6.07, 6.45) is 0.547. The van der Waals surface area contributed by atoms with Crippen LogP contribution in [0.3, 0.4) is 0 Å². The maximum atomic E-state index is 12.3. The Kier molecular flexibility index (Phi) is 4.11. The van der Waals surface area contributed by atoms with Gasteiger partial charge in [0.25, 0.3) is 5.56 Å². The first-order valence-corrected chi connectivity index (χ1v) is 7.35. The minimum atomic E-state index is -0.0994. The second-order valence-electron chi connectivity index (χ2n) is 5.64. The molecule has 0 fully saturated rings. The van der Waals surface area contributed by atoms with E-state index < -0.39 is 0 Å². The Morgan fingerprint density at radius 1 is 1.36 bits per heavy atom. The average Bonchev–Trinajstić information content (AvgIpc) is 2.67. The Balaban J connectivity index is 1.85. The molecule has 0 unspecified atom stereocenters. The molecule has 2 N–H and O–H groups in total. The van der Waals surface area contributed by atoms with E-state index in [4.69, 9.17) is 4.74 Å². The normalized spacial score (nSPS) is 13.0. The molecule has 3 rings (SSSR count). The van der Waals surface area contributed by atoms with Crippen LogP contribution in [0.2, 0.25) is 0 Å². The zero-order valence-electron chi connectivity index (χ0n) is 12.8. The van der Waals surface area contributed by atoms with Gasteiger partial charge in [0.05, 0.1) is 5.69 Å². The molecule has 0 atom stereocenters. The molecule has 2 heterocycles. The lowest BCUT2D eigenvalue weighted by Crippen LogP contribution is -2.25. The lowest BCUT2D eigenvalue weighted by atomic mass is 10.1. The standard InChI is InChI=1S/C16H20N4O2/c1-20(2)8-7-17-16-18-13-10-22-14-6-4-3-5-11(14)9-12(13)15(21)19-16/h3-6H,7-10H2,1-2H3,(H2,17,18,19,21). The van der Waals surface area contributed by atoms with Crippen molar-refractivity contribution in [3.63, 3.8) is 0 Å². The first kappa shape index (κ1) is 14.6. The first-order chi connectivity index (χ1) is 10.6. The molecule has 6 heteroatoms. The molecule has 0 amide bonds. The van der Waals surface area contributed by atoms with Gasteiger partial charge in [-0.3, -0.25) is 9.78 Å². The summed E-state index contributed by atoms with van der Waals surface area (Å²) < 4.78 is 5.78. The molecule has 1 aliphatic heterocycles. The Labute approximate surface area is 129 Å². The molecule has 0 saturated carbocycles. The number of hydrogen-bond acceptors (Lipinski definition) is 5. The second-order valence-corrected chi connectivity index (χ2v) is 5.64. The fourth-order valence-corrected chi connectivity index (χ4v) is 2.45. The summed E-state index contributed by atoms with van der Waals surface area (Å²) in [6, 6.07) is 7.78. The Morgan fingerprint density at radius 3 is 3.00 bits per heavy atom. The number of anilines is 1. The summed E-state index contributed by atoms with van der Waals surface area (Å²) in [7, 11) is 4.00. The number of benzene rings is 1. The van der Waals surface area contributed by atoms with Crippen LogP contribution in [0.25, 0.3) is 0 Å². The van der Waals surface area contributed by atoms with E-state index in [2.05, 4.69) is 20.2 Å². The molecule has 0 radical (unpaired) electrons. The number of H-pyrrole nitrogens is 1. The average molecular weight is 300 g/mol. The summed E-state index contributed by atoms with van der Waals surface area (Å²) in [5.74, 6) is 1.32. The lowest BCUT2D eigenvalue weighted by Gasteiger charge is -2.12. The van der Waals surface area contributed by atoms with Gasteiger partial charge in [0.15, 0.2) is 0 Å². The Morgan fingerprint density at radius 2 is 2.18 bits per heavy atom. The molecule has 6 nitrogen and oxygen atoms in total. The Bertz CT molecular complexity index is 724. The van der Waals surface area contributed by atoms with Gasteiger partial charge in [-0.25, -0.2) is 4.98 Å². The molecule has 1 aromatic heterocycles. The van der Waals surface area contributed by atoms with E-state index >= 15 is 0 Å². The van der Waals surface area contributed by atoms with Gasteiger partial charge in [0, 0.05) is 25.1 Å². The third-order valence-corrected chi connectivity index (χ3v) is 3.66. The smallest absolute Gasteiger partial charge is 0.256 e. The molecular formula is C16H20N4O2. The van der Waals surface area contributed by atoms with Crippen molar-refractivity contribution in [1.29, 1.82) is 0 Å². The topological polar surface area (TPSA) is 70.2 Å². The Hall–Kier alpha value is -2.34. The van der Waals surface area contributed by atoms with E-state index in [-0.39, 0.29) is 5.56 Å². The van der Waals surface area contributed by atoms with Crippen molar-refractivity contribution in [2.45, 2.75) is 13.0 Å². The van der Waals surface area contributed by atoms with Crippen LogP contribution in [-0.4, -0.2) is 42.1 Å². The molecule has 0 aliphatic carbocycles. The van der Waals surface area contributed by atoms with E-state index in [1.54, 1.807) is 0 Å². The number of aromatic nitrogens is 2. The summed E-state index contributed by atoms with van der Waals surface area (Å²) in [4.78, 5) is 21.7. The highest BCUT2D eigenvalue weighted by atomic mass is 16.5. The second kappa shape index (κ2) is 6.19. The summed E-state index contributed by atoms with van der Waals surface area (Å²) >= 11 is 0. The van der Waals surface area contributed by atoms with Gasteiger partial charge in [-0.2, -0.15) is 0 Å². The van der Waals surface area contributed by atoms with E-state index in [0.29, 0.717) is 30.2 Å². The predicted molar refractivity (Wildman–Crippen MR) is 85.5 cm³/mol. The highest BCUT2D eigenvalue weighted by molar-refractivity contribution is 5.41. The number of nitrogens with one attached hydrogen (secondary N) is 2. The van der Waals surface area contributed by atoms with E-state index in [1.807, 2.05) is 38.4 Å². The van der Waals surface area contributed by atoms with Crippen LogP contribution < -0.4 is 15.6 Å². The highest BCUT2D eigenvalue weighted by Gasteiger charge is 2.18. The molecule has 0 spiro atoms. The van der Waals surface area contributed by atoms with Crippen LogP contribution in [0.4, 0.5) is 5.95 Å². The van der Waals surface area contributed by atoms with Gasteiger partial charge in [-0.15, -0.1) is 0 Å². The summed E-state index contributed by atoms with van der Waals surface area (Å²) in [5.41, 5.74) is 2.30. The number of likely N-dealkylation sites (N-methyl/N-ethyl adjacent to an activating group) is 1. The zero-order valence-corrected chi connectivity index (χ0v) is 12.8. The predicted octanol–water partition coefficient (Wildman–Crippen LogP) is 1.23. The fraction of sp³-hybridized carbons (Fsp3) is 0.375. The molecule has 116 valence electrons. The fourth-order valence-electron chi connectivity index (χ4n) is 2.45. The monoisotopic (exact) mass is 300 g/mol. The van der Waals surface area contributed by atoms with Crippen LogP contribution in [0.1, 0.15) is 16.8 Å². The highest BCUT2D eigenvalue weighted by Crippen LogP contribution is 2.25. The molecule has 1 aliphatic rings. The number of rotatable bonds is 4. The van der Waals surface area contributed by atoms with Crippen molar-refractivity contribution < 1.29 is 4.74 Å². The molecule has 0 bridgehead atoms. The van der Waals surface area contributed by atoms with Gasteiger partial charge in [-0.1, -0.05) is 18.2 Å². The minimum Gasteiger partial charge on any atom is -0.487 e. The van der Waals surface area contributed by atoms with Crippen molar-refractivity contribution in [3.8, 4) is 5.75 Å². The van der Waals surface area contributed by atoms with Crippen molar-refractivity contribution >= 4 is 5.95 Å². The largest absolute Gasteiger partial charge is 0.487 e. The van der Waals surface area contributed by atoms with Gasteiger partial charge >= 0.3 is 0 Å². The minimum absolute atomic E-state index is 0.0994. The number of fused-ring (bicyclic) bond motifs is 2. The van der Waals surface area contributed by atoms with Crippen molar-refractivity contribution in [1.82, 2.24) is 14.9 Å². The summed E-state index contributed by atoms with van der Waals surface area (Å²) in [5, 5.41) is 3.14. The van der Waals surface area contributed by atoms with Crippen molar-refractivity contribution in [3.05, 3.63) is 51.4 Å². The maximum Gasteiger partial charge on any atom is 0.256 e. The quantitative estimate of drug-likeness (QED) is 0.888. The first-order valence-electron chi connectivity index (χ1n) is 7.35. The molecule has 22 heavy (non-hydrogen) atoms. The number of hydrogen-bond donors (Lipinski definition) is 2. The molecule has 1 aromatic carbocycles. The van der Waals surface area contributed by atoms with Gasteiger partial charge < -0.3 is 15.0 Å². The van der Waals surface area contributed by atoms with Gasteiger partial charge in [0.2, 0.25) is 5.95 Å². The number of nitrogens with zero attached hydrogens (tertiary/aromatic N) is 2. The maximum absolute atomic E-state index is 12.3. The zero-order chi connectivity index (χ0) is 15.5. The number of ether oxygens (including phenoxy) is 1. The SMILES string of the molecule is CN(C)CCNc1nc2c(c(=O)[nH]1)Cc1ccccc1OC2. The van der Waals surface area contributed by atoms with Crippen molar-refractivity contribution in [2.75, 3.05) is 32.5 Å². The van der Waals surface area contributed by atoms with Crippen LogP contribution in [0.5, 0.6) is 5.75 Å². The van der Waals surface area contributed by atoms with Crippen molar-refractivity contribution in [2.24, 2.45) is 0 Å². The van der Waals surface area contributed by atoms with Gasteiger partial charge in [-0.05, 0) is 25.7 Å². The van der Waals surface area contributed by atoms with Crippen LogP contribution in [0.15, 0.2) is 29.1 Å². The van der Waals surface area contributed by atoms with Crippen LogP contribution >= 0.6 is 0 Å². The van der Waals surface area contributed by atoms with Crippen LogP contribution in [-0.2, 0) is 13.0 Å². The molecular weight excluding hydrogens is 280 g/mol. The van der Waals surface area contributed by atoms with E-state index in [9.17, 15) is 4.79 Å². The molecule has 0 saturated heterocycles. The van der Waals surface area contributed by atoms with E-state index in [0.717, 1.165) is 24.4 Å². The molecule has 2 aromatic rings. The third-order valence-electron chi connectivity index (χ3n) is 3.66. The van der Waals surface area contributed by atoms with Gasteiger partial charge in [0.1, 0.15) is 12.4 Å². The third kappa shape index (κ3) is 3.12. The summed E-state index contributed by atoms with van der Waals surface area (Å²) in [6.45, 7) is 1.90. The lowest BCUT2D eigenvalue weighted by molar-refractivity contribution is 0.302. The van der Waals surface area contributed by atoms with E-state index in [1.165, 1.54) is 0 Å². The number of para-hydroxylation sites is 1.